The van der Waals surface area contributed by atoms with E-state index in [4.69, 9.17) is 14.7 Å². The van der Waals surface area contributed by atoms with Gasteiger partial charge in [0.05, 0.1) is 19.2 Å². The van der Waals surface area contributed by atoms with Gasteiger partial charge >= 0.3 is 0 Å². The monoisotopic (exact) mass is 464 g/mol. The van der Waals surface area contributed by atoms with Gasteiger partial charge in [-0.05, 0) is 67.9 Å². The van der Waals surface area contributed by atoms with Crippen LogP contribution < -0.4 is 14.5 Å². The van der Waals surface area contributed by atoms with Gasteiger partial charge in [-0.1, -0.05) is 6.07 Å². The maximum atomic E-state index is 13.7. The van der Waals surface area contributed by atoms with Crippen LogP contribution in [-0.4, -0.2) is 55.5 Å². The summed E-state index contributed by atoms with van der Waals surface area (Å²) in [4.78, 5) is 14.5. The van der Waals surface area contributed by atoms with E-state index >= 15 is 0 Å². The standard InChI is InChI=1S/C27H33FN4O2/c1-17-14-23-22(16-24(17)31(2)12-13-33)27(30-26(29-23)19-4-5-19)32-10-8-18(9-11-32)21-7-6-20(28)15-25(21)34-3/h6-7,14-16,18-19,33H,4-5,8-13H2,1-3H3. The fourth-order valence-electron chi connectivity index (χ4n) is 5.14. The van der Waals surface area contributed by atoms with E-state index in [1.54, 1.807) is 7.11 Å². The van der Waals surface area contributed by atoms with E-state index in [9.17, 15) is 9.50 Å². The molecule has 34 heavy (non-hydrogen) atoms. The number of benzene rings is 2. The highest BCUT2D eigenvalue weighted by molar-refractivity contribution is 5.93. The topological polar surface area (TPSA) is 61.7 Å². The lowest BCUT2D eigenvalue weighted by atomic mass is 9.88. The summed E-state index contributed by atoms with van der Waals surface area (Å²) in [5, 5.41) is 10.5. The minimum atomic E-state index is -0.268. The highest BCUT2D eigenvalue weighted by Crippen LogP contribution is 2.42. The Bertz CT molecular complexity index is 1190. The molecular weight excluding hydrogens is 431 g/mol. The van der Waals surface area contributed by atoms with Crippen molar-refractivity contribution in [2.75, 3.05) is 50.2 Å². The van der Waals surface area contributed by atoms with Crippen molar-refractivity contribution in [3.8, 4) is 5.75 Å². The van der Waals surface area contributed by atoms with Crippen LogP contribution in [-0.2, 0) is 0 Å². The minimum absolute atomic E-state index is 0.109. The van der Waals surface area contributed by atoms with E-state index in [2.05, 4.69) is 28.9 Å². The lowest BCUT2D eigenvalue weighted by Gasteiger charge is -2.34. The zero-order chi connectivity index (χ0) is 23.8. The number of aromatic nitrogens is 2. The van der Waals surface area contributed by atoms with Crippen LogP contribution >= 0.6 is 0 Å². The van der Waals surface area contributed by atoms with Crippen LogP contribution in [0.3, 0.4) is 0 Å². The van der Waals surface area contributed by atoms with Crippen LogP contribution in [0.2, 0.25) is 0 Å². The first-order valence-corrected chi connectivity index (χ1v) is 12.2. The van der Waals surface area contributed by atoms with Gasteiger partial charge in [-0.3, -0.25) is 0 Å². The molecule has 2 fully saturated rings. The summed E-state index contributed by atoms with van der Waals surface area (Å²) in [5.41, 5.74) is 4.32. The van der Waals surface area contributed by atoms with E-state index in [0.717, 1.165) is 78.1 Å². The van der Waals surface area contributed by atoms with E-state index < -0.39 is 0 Å². The number of fused-ring (bicyclic) bond motifs is 1. The van der Waals surface area contributed by atoms with E-state index in [0.29, 0.717) is 24.1 Å². The number of rotatable bonds is 7. The Balaban J connectivity index is 1.47. The van der Waals surface area contributed by atoms with Crippen molar-refractivity contribution < 1.29 is 14.2 Å². The molecular formula is C27H33FN4O2. The average Bonchev–Trinajstić information content (AvgIpc) is 3.69. The van der Waals surface area contributed by atoms with Crippen molar-refractivity contribution in [3.63, 3.8) is 0 Å². The molecule has 0 unspecified atom stereocenters. The van der Waals surface area contributed by atoms with Gasteiger partial charge in [0.2, 0.25) is 0 Å². The summed E-state index contributed by atoms with van der Waals surface area (Å²) in [7, 11) is 3.61. The van der Waals surface area contributed by atoms with Crippen molar-refractivity contribution in [2.24, 2.45) is 0 Å². The molecule has 0 spiro atoms. The van der Waals surface area contributed by atoms with Gasteiger partial charge in [0.15, 0.2) is 0 Å². The molecule has 0 amide bonds. The summed E-state index contributed by atoms with van der Waals surface area (Å²) in [6.45, 7) is 4.53. The Morgan fingerprint density at radius 1 is 1.09 bits per heavy atom. The number of methoxy groups -OCH3 is 1. The zero-order valence-corrected chi connectivity index (χ0v) is 20.2. The molecule has 1 N–H and O–H groups in total. The fourth-order valence-corrected chi connectivity index (χ4v) is 5.14. The van der Waals surface area contributed by atoms with Gasteiger partial charge in [0.25, 0.3) is 0 Å². The normalized spacial score (nSPS) is 16.8. The predicted octanol–water partition coefficient (Wildman–Crippen LogP) is 4.78. The number of hydrogen-bond acceptors (Lipinski definition) is 6. The van der Waals surface area contributed by atoms with Crippen LogP contribution in [0.1, 0.15) is 54.5 Å². The zero-order valence-electron chi connectivity index (χ0n) is 20.2. The molecule has 0 atom stereocenters. The van der Waals surface area contributed by atoms with Gasteiger partial charge in [-0.25, -0.2) is 14.4 Å². The second-order valence-corrected chi connectivity index (χ2v) is 9.63. The molecule has 6 nitrogen and oxygen atoms in total. The van der Waals surface area contributed by atoms with Gasteiger partial charge in [0.1, 0.15) is 23.2 Å². The highest BCUT2D eigenvalue weighted by atomic mass is 19.1. The molecule has 0 radical (unpaired) electrons. The van der Waals surface area contributed by atoms with Crippen LogP contribution in [0.25, 0.3) is 10.9 Å². The third-order valence-electron chi connectivity index (χ3n) is 7.23. The van der Waals surface area contributed by atoms with Crippen molar-refractivity contribution >= 4 is 22.4 Å². The van der Waals surface area contributed by atoms with Crippen molar-refractivity contribution in [1.82, 2.24) is 9.97 Å². The number of aliphatic hydroxyl groups is 1. The average molecular weight is 465 g/mol. The third kappa shape index (κ3) is 4.41. The maximum absolute atomic E-state index is 13.7. The second-order valence-electron chi connectivity index (χ2n) is 9.63. The van der Waals surface area contributed by atoms with Crippen LogP contribution in [0.4, 0.5) is 15.9 Å². The number of hydrogen-bond donors (Lipinski definition) is 1. The Kier molecular flexibility index (Phi) is 6.30. The lowest BCUT2D eigenvalue weighted by molar-refractivity contribution is 0.304. The first kappa shape index (κ1) is 22.8. The minimum Gasteiger partial charge on any atom is -0.496 e. The number of nitrogens with zero attached hydrogens (tertiary/aromatic N) is 4. The summed E-state index contributed by atoms with van der Waals surface area (Å²) >= 11 is 0. The van der Waals surface area contributed by atoms with Gasteiger partial charge in [-0.2, -0.15) is 0 Å². The molecule has 1 aromatic heterocycles. The SMILES string of the molecule is COc1cc(F)ccc1C1CCN(c2nc(C3CC3)nc3cc(C)c(N(C)CCO)cc23)CC1. The van der Waals surface area contributed by atoms with Crippen molar-refractivity contribution in [1.29, 1.82) is 0 Å². The maximum Gasteiger partial charge on any atom is 0.140 e. The number of ether oxygens (including phenoxy) is 1. The Morgan fingerprint density at radius 2 is 1.85 bits per heavy atom. The number of aliphatic hydroxyl groups excluding tert-OH is 1. The molecule has 2 aliphatic rings. The number of halogens is 1. The van der Waals surface area contributed by atoms with Crippen LogP contribution in [0, 0.1) is 12.7 Å². The second kappa shape index (κ2) is 9.37. The van der Waals surface area contributed by atoms with E-state index in [1.165, 1.54) is 12.1 Å². The van der Waals surface area contributed by atoms with Gasteiger partial charge < -0.3 is 19.6 Å². The first-order valence-electron chi connectivity index (χ1n) is 12.2. The summed E-state index contributed by atoms with van der Waals surface area (Å²) < 4.78 is 19.2. The largest absolute Gasteiger partial charge is 0.496 e. The van der Waals surface area contributed by atoms with Gasteiger partial charge in [0, 0.05) is 49.7 Å². The Labute approximate surface area is 200 Å². The first-order chi connectivity index (χ1) is 16.5. The molecule has 7 heteroatoms. The number of aryl methyl sites for hydroxylation is 1. The smallest absolute Gasteiger partial charge is 0.140 e. The number of piperidine rings is 1. The molecule has 2 aromatic carbocycles. The van der Waals surface area contributed by atoms with Crippen molar-refractivity contribution in [2.45, 2.75) is 44.4 Å². The third-order valence-corrected chi connectivity index (χ3v) is 7.23. The number of likely N-dealkylation sites (N-methyl/N-ethyl adjacent to an activating group) is 1. The molecule has 1 saturated heterocycles. The van der Waals surface area contributed by atoms with Crippen LogP contribution in [0.5, 0.6) is 5.75 Å². The van der Waals surface area contributed by atoms with Gasteiger partial charge in [-0.15, -0.1) is 0 Å². The lowest BCUT2D eigenvalue weighted by Crippen LogP contribution is -2.34. The Hall–Kier alpha value is -2.93. The predicted molar refractivity (Wildman–Crippen MR) is 134 cm³/mol. The molecule has 3 aromatic rings. The van der Waals surface area contributed by atoms with E-state index in [1.807, 2.05) is 13.1 Å². The van der Waals surface area contributed by atoms with E-state index in [-0.39, 0.29) is 12.4 Å². The summed E-state index contributed by atoms with van der Waals surface area (Å²) in [6, 6.07) is 9.21. The summed E-state index contributed by atoms with van der Waals surface area (Å²) in [5.74, 6) is 3.14. The molecule has 1 saturated carbocycles. The molecule has 0 bridgehead atoms. The quantitative estimate of drug-likeness (QED) is 0.543. The highest BCUT2D eigenvalue weighted by Gasteiger charge is 2.30. The number of anilines is 2. The molecule has 1 aliphatic carbocycles. The van der Waals surface area contributed by atoms with Crippen molar-refractivity contribution in [3.05, 3.63) is 53.1 Å². The Morgan fingerprint density at radius 3 is 2.53 bits per heavy atom. The molecule has 2 heterocycles. The molecule has 5 rings (SSSR count). The summed E-state index contributed by atoms with van der Waals surface area (Å²) in [6.07, 6.45) is 4.23. The molecule has 180 valence electrons. The molecule has 1 aliphatic heterocycles. The fraction of sp³-hybridized carbons (Fsp3) is 0.481. The van der Waals surface area contributed by atoms with Crippen LogP contribution in [0.15, 0.2) is 30.3 Å².